The van der Waals surface area contributed by atoms with Crippen LogP contribution < -0.4 is 4.72 Å². The molecular weight excluding hydrogens is 326 g/mol. The van der Waals surface area contributed by atoms with Crippen molar-refractivity contribution in [2.75, 3.05) is 0 Å². The molecule has 2 saturated carbocycles. The van der Waals surface area contributed by atoms with E-state index in [0.29, 0.717) is 9.72 Å². The van der Waals surface area contributed by atoms with Gasteiger partial charge in [-0.25, -0.2) is 13.1 Å². The van der Waals surface area contributed by atoms with E-state index in [-0.39, 0.29) is 6.04 Å². The highest BCUT2D eigenvalue weighted by Gasteiger charge is 2.30. The number of hydrogen-bond acceptors (Lipinski definition) is 2. The van der Waals surface area contributed by atoms with Gasteiger partial charge in [0.05, 0.1) is 4.90 Å². The summed E-state index contributed by atoms with van der Waals surface area (Å²) in [7, 11) is -3.31. The van der Waals surface area contributed by atoms with Crippen molar-refractivity contribution in [3.8, 4) is 0 Å². The highest BCUT2D eigenvalue weighted by molar-refractivity contribution is 9.09. The fourth-order valence-corrected chi connectivity index (χ4v) is 4.35. The molecule has 2 fully saturated rings. The summed E-state index contributed by atoms with van der Waals surface area (Å²) in [5.41, 5.74) is 1.19. The first-order valence-corrected chi connectivity index (χ1v) is 9.20. The van der Waals surface area contributed by atoms with Crippen molar-refractivity contribution < 1.29 is 8.42 Å². The fourth-order valence-electron chi connectivity index (χ4n) is 2.14. The van der Waals surface area contributed by atoms with Gasteiger partial charge in [-0.2, -0.15) is 0 Å². The van der Waals surface area contributed by atoms with Gasteiger partial charge in [-0.15, -0.1) is 0 Å². The smallest absolute Gasteiger partial charge is 0.208 e. The number of benzene rings is 1. The van der Waals surface area contributed by atoms with Gasteiger partial charge in [0.25, 0.3) is 0 Å². The van der Waals surface area contributed by atoms with Crippen LogP contribution in [0.1, 0.15) is 31.2 Å². The lowest BCUT2D eigenvalue weighted by molar-refractivity contribution is 0.581. The van der Waals surface area contributed by atoms with E-state index in [4.69, 9.17) is 0 Å². The monoisotopic (exact) mass is 343 g/mol. The number of halogens is 1. The Morgan fingerprint density at radius 3 is 2.32 bits per heavy atom. The Hall–Kier alpha value is -0.390. The zero-order valence-electron chi connectivity index (χ0n) is 10.7. The summed E-state index contributed by atoms with van der Waals surface area (Å²) in [6.45, 7) is 0. The third-order valence-corrected chi connectivity index (χ3v) is 6.30. The van der Waals surface area contributed by atoms with Gasteiger partial charge < -0.3 is 0 Å². The van der Waals surface area contributed by atoms with Crippen LogP contribution in [-0.4, -0.2) is 19.3 Å². The van der Waals surface area contributed by atoms with E-state index < -0.39 is 10.0 Å². The van der Waals surface area contributed by atoms with E-state index >= 15 is 0 Å². The summed E-state index contributed by atoms with van der Waals surface area (Å²) in [5, 5.41) is 0. The molecule has 0 aliphatic heterocycles. The minimum Gasteiger partial charge on any atom is -0.208 e. The van der Waals surface area contributed by atoms with Crippen molar-refractivity contribution in [2.45, 2.75) is 47.9 Å². The molecule has 1 atom stereocenters. The van der Waals surface area contributed by atoms with E-state index in [2.05, 4.69) is 20.7 Å². The van der Waals surface area contributed by atoms with E-state index in [9.17, 15) is 8.42 Å². The van der Waals surface area contributed by atoms with E-state index in [1.807, 2.05) is 12.1 Å². The molecule has 3 rings (SSSR count). The number of sulfonamides is 1. The number of nitrogens with one attached hydrogen (secondary N) is 1. The minimum atomic E-state index is -3.31. The van der Waals surface area contributed by atoms with Gasteiger partial charge in [0.1, 0.15) is 0 Å². The van der Waals surface area contributed by atoms with Gasteiger partial charge in [-0.3, -0.25) is 0 Å². The second-order valence-electron chi connectivity index (χ2n) is 5.60. The third-order valence-electron chi connectivity index (χ3n) is 3.70. The van der Waals surface area contributed by atoms with Crippen molar-refractivity contribution >= 4 is 26.0 Å². The van der Waals surface area contributed by atoms with Crippen molar-refractivity contribution in [1.82, 2.24) is 4.72 Å². The molecule has 3 nitrogen and oxygen atoms in total. The Balaban J connectivity index is 1.67. The number of alkyl halides is 1. The van der Waals surface area contributed by atoms with Crippen LogP contribution in [0, 0.1) is 5.92 Å². The lowest BCUT2D eigenvalue weighted by Gasteiger charge is -2.09. The summed E-state index contributed by atoms with van der Waals surface area (Å²) in [6.07, 6.45) is 5.52. The van der Waals surface area contributed by atoms with Crippen LogP contribution in [0.2, 0.25) is 0 Å². The molecule has 0 heterocycles. The van der Waals surface area contributed by atoms with Crippen LogP contribution in [-0.2, 0) is 16.4 Å². The van der Waals surface area contributed by atoms with Crippen molar-refractivity contribution in [3.05, 3.63) is 29.8 Å². The first-order chi connectivity index (χ1) is 9.04. The van der Waals surface area contributed by atoms with Gasteiger partial charge >= 0.3 is 0 Å². The molecule has 1 aromatic carbocycles. The van der Waals surface area contributed by atoms with Gasteiger partial charge in [-0.1, -0.05) is 28.1 Å². The Morgan fingerprint density at radius 1 is 1.16 bits per heavy atom. The molecule has 2 aliphatic rings. The van der Waals surface area contributed by atoms with Gasteiger partial charge in [-0.05, 0) is 55.7 Å². The number of rotatable bonds is 6. The minimum absolute atomic E-state index is 0.159. The molecule has 1 unspecified atom stereocenters. The number of hydrogen-bond donors (Lipinski definition) is 1. The van der Waals surface area contributed by atoms with Crippen LogP contribution in [0.3, 0.4) is 0 Å². The van der Waals surface area contributed by atoms with Crippen LogP contribution in [0.25, 0.3) is 0 Å². The summed E-state index contributed by atoms with van der Waals surface area (Å²) < 4.78 is 26.7. The second kappa shape index (κ2) is 5.19. The van der Waals surface area contributed by atoms with E-state index in [0.717, 1.165) is 25.2 Å². The third kappa shape index (κ3) is 3.58. The van der Waals surface area contributed by atoms with Crippen LogP contribution >= 0.6 is 15.9 Å². The predicted molar refractivity (Wildman–Crippen MR) is 78.9 cm³/mol. The summed E-state index contributed by atoms with van der Waals surface area (Å²) in [6, 6.07) is 7.45. The van der Waals surface area contributed by atoms with Gasteiger partial charge in [0.2, 0.25) is 10.0 Å². The highest BCUT2D eigenvalue weighted by atomic mass is 79.9. The normalized spacial score (nSPS) is 21.3. The molecule has 5 heteroatoms. The molecule has 0 saturated heterocycles. The van der Waals surface area contributed by atoms with E-state index in [1.165, 1.54) is 18.4 Å². The molecule has 0 bridgehead atoms. The molecule has 0 aromatic heterocycles. The lowest BCUT2D eigenvalue weighted by atomic mass is 10.1. The molecule has 1 aromatic rings. The van der Waals surface area contributed by atoms with Crippen molar-refractivity contribution in [2.24, 2.45) is 5.92 Å². The highest BCUT2D eigenvalue weighted by Crippen LogP contribution is 2.38. The Labute approximate surface area is 123 Å². The molecular formula is C14H18BrNO2S. The zero-order chi connectivity index (χ0) is 13.5. The first kappa shape index (κ1) is 13.6. The molecule has 0 radical (unpaired) electrons. The maximum atomic E-state index is 12.0. The maximum absolute atomic E-state index is 12.0. The molecule has 1 N–H and O–H groups in total. The Kier molecular flexibility index (Phi) is 3.71. The summed E-state index contributed by atoms with van der Waals surface area (Å²) in [5.74, 6) is 0.806. The molecule has 2 aliphatic carbocycles. The maximum Gasteiger partial charge on any atom is 0.240 e. The lowest BCUT2D eigenvalue weighted by Crippen LogP contribution is -2.25. The predicted octanol–water partition coefficient (Wildman–Crippen LogP) is 2.84. The average Bonchev–Trinajstić information content (AvgIpc) is 3.23. The van der Waals surface area contributed by atoms with Crippen LogP contribution in [0.15, 0.2) is 29.2 Å². The zero-order valence-corrected chi connectivity index (χ0v) is 13.1. The molecule has 0 spiro atoms. The summed E-state index contributed by atoms with van der Waals surface area (Å²) >= 11 is 3.71. The Bertz CT molecular complexity index is 547. The fraction of sp³-hybridized carbons (Fsp3) is 0.571. The van der Waals surface area contributed by atoms with Gasteiger partial charge in [0, 0.05) is 10.9 Å². The second-order valence-corrected chi connectivity index (χ2v) is 8.49. The largest absolute Gasteiger partial charge is 0.240 e. The SMILES string of the molecule is O=S(=O)(NC1CC1)c1ccc(CC(Br)C2CC2)cc1. The average molecular weight is 344 g/mol. The topological polar surface area (TPSA) is 46.2 Å². The van der Waals surface area contributed by atoms with Crippen LogP contribution in [0.4, 0.5) is 0 Å². The van der Waals surface area contributed by atoms with Crippen molar-refractivity contribution in [1.29, 1.82) is 0 Å². The quantitative estimate of drug-likeness (QED) is 0.807. The summed E-state index contributed by atoms with van der Waals surface area (Å²) in [4.78, 5) is 0.903. The molecule has 0 amide bonds. The first-order valence-electron chi connectivity index (χ1n) is 6.80. The standard InChI is InChI=1S/C14H18BrNO2S/c15-14(11-3-4-11)9-10-1-7-13(8-2-10)19(17,18)16-12-5-6-12/h1-2,7-8,11-12,14,16H,3-6,9H2. The molecule has 104 valence electrons. The van der Waals surface area contributed by atoms with Crippen LogP contribution in [0.5, 0.6) is 0 Å². The Morgan fingerprint density at radius 2 is 1.79 bits per heavy atom. The van der Waals surface area contributed by atoms with E-state index in [1.54, 1.807) is 12.1 Å². The van der Waals surface area contributed by atoms with Gasteiger partial charge in [0.15, 0.2) is 0 Å². The van der Waals surface area contributed by atoms with Crippen molar-refractivity contribution in [3.63, 3.8) is 0 Å². The molecule has 19 heavy (non-hydrogen) atoms.